The minimum atomic E-state index is -3.54. The molecular weight excluding hydrogens is 288 g/mol. The van der Waals surface area contributed by atoms with Crippen molar-refractivity contribution in [1.29, 1.82) is 0 Å². The molecule has 0 saturated carbocycles. The summed E-state index contributed by atoms with van der Waals surface area (Å²) in [5.74, 6) is 5.57. The molecule has 0 saturated heterocycles. The first-order chi connectivity index (χ1) is 9.80. The van der Waals surface area contributed by atoms with E-state index in [2.05, 4.69) is 35.9 Å². The summed E-state index contributed by atoms with van der Waals surface area (Å²) in [4.78, 5) is 4.06. The maximum atomic E-state index is 12.3. The lowest BCUT2D eigenvalue weighted by atomic mass is 9.87. The normalized spacial score (nSPS) is 12.4. The van der Waals surface area contributed by atoms with E-state index in [1.54, 1.807) is 0 Å². The summed E-state index contributed by atoms with van der Waals surface area (Å²) >= 11 is 0. The van der Waals surface area contributed by atoms with E-state index in [-0.39, 0.29) is 10.3 Å². The first kappa shape index (κ1) is 17.9. The number of hydrazine groups is 1. The molecule has 0 radical (unpaired) electrons. The first-order valence-electron chi connectivity index (χ1n) is 7.23. The molecule has 0 amide bonds. The van der Waals surface area contributed by atoms with Crippen molar-refractivity contribution in [1.82, 2.24) is 9.71 Å². The Kier molecular flexibility index (Phi) is 6.57. The van der Waals surface area contributed by atoms with E-state index in [4.69, 9.17) is 5.84 Å². The van der Waals surface area contributed by atoms with Crippen LogP contribution in [0.1, 0.15) is 46.5 Å². The van der Waals surface area contributed by atoms with Gasteiger partial charge in [0.25, 0.3) is 0 Å². The van der Waals surface area contributed by atoms with Gasteiger partial charge in [0.15, 0.2) is 0 Å². The smallest absolute Gasteiger partial charge is 0.240 e. The predicted molar refractivity (Wildman–Crippen MR) is 85.2 cm³/mol. The van der Waals surface area contributed by atoms with Gasteiger partial charge in [-0.1, -0.05) is 40.0 Å². The molecule has 0 unspecified atom stereocenters. The highest BCUT2D eigenvalue weighted by atomic mass is 32.2. The van der Waals surface area contributed by atoms with Gasteiger partial charge in [0, 0.05) is 18.8 Å². The summed E-state index contributed by atoms with van der Waals surface area (Å²) in [6.07, 6.45) is 5.85. The van der Waals surface area contributed by atoms with Gasteiger partial charge in [-0.3, -0.25) is 0 Å². The highest BCUT2D eigenvalue weighted by Crippen LogP contribution is 2.23. The van der Waals surface area contributed by atoms with Crippen molar-refractivity contribution in [3.8, 4) is 0 Å². The summed E-state index contributed by atoms with van der Waals surface area (Å²) in [6, 6.07) is 2.86. The van der Waals surface area contributed by atoms with Gasteiger partial charge < -0.3 is 5.43 Å². The number of hydrogen-bond donors (Lipinski definition) is 3. The van der Waals surface area contributed by atoms with E-state index >= 15 is 0 Å². The number of rotatable bonds is 9. The van der Waals surface area contributed by atoms with Crippen LogP contribution in [-0.2, 0) is 10.0 Å². The molecule has 0 aliphatic rings. The second kappa shape index (κ2) is 7.72. The molecule has 7 heteroatoms. The highest BCUT2D eigenvalue weighted by Gasteiger charge is 2.22. The van der Waals surface area contributed by atoms with Gasteiger partial charge in [-0.15, -0.1) is 0 Å². The fraction of sp³-hybridized carbons (Fsp3) is 0.643. The lowest BCUT2D eigenvalue weighted by molar-refractivity contribution is 0.320. The highest BCUT2D eigenvalue weighted by molar-refractivity contribution is 7.89. The van der Waals surface area contributed by atoms with E-state index in [9.17, 15) is 8.42 Å². The summed E-state index contributed by atoms with van der Waals surface area (Å²) in [5.41, 5.74) is 2.28. The molecule has 0 aliphatic carbocycles. The van der Waals surface area contributed by atoms with Crippen LogP contribution in [0.3, 0.4) is 0 Å². The molecule has 0 spiro atoms. The van der Waals surface area contributed by atoms with Crippen molar-refractivity contribution in [2.45, 2.75) is 51.3 Å². The predicted octanol–water partition coefficient (Wildman–Crippen LogP) is 2.25. The second-order valence-corrected chi connectivity index (χ2v) is 7.73. The van der Waals surface area contributed by atoms with E-state index in [1.807, 2.05) is 0 Å². The van der Waals surface area contributed by atoms with Gasteiger partial charge in [0.2, 0.25) is 10.0 Å². The number of nitrogens with zero attached hydrogens (tertiary/aromatic N) is 1. The average Bonchev–Trinajstić information content (AvgIpc) is 2.46. The molecule has 1 aromatic heterocycles. The molecule has 4 N–H and O–H groups in total. The van der Waals surface area contributed by atoms with Crippen LogP contribution < -0.4 is 16.0 Å². The maximum Gasteiger partial charge on any atom is 0.240 e. The van der Waals surface area contributed by atoms with Crippen molar-refractivity contribution in [3.63, 3.8) is 0 Å². The van der Waals surface area contributed by atoms with Crippen LogP contribution in [0.15, 0.2) is 23.2 Å². The monoisotopic (exact) mass is 314 g/mol. The minimum absolute atomic E-state index is 0.0653. The molecule has 1 heterocycles. The van der Waals surface area contributed by atoms with Gasteiger partial charge in [0.1, 0.15) is 5.82 Å². The molecule has 0 fully saturated rings. The lowest BCUT2D eigenvalue weighted by Crippen LogP contribution is -2.34. The molecule has 6 nitrogen and oxygen atoms in total. The van der Waals surface area contributed by atoms with Crippen LogP contribution >= 0.6 is 0 Å². The number of sulfonamides is 1. The largest absolute Gasteiger partial charge is 0.308 e. The second-order valence-electron chi connectivity index (χ2n) is 5.97. The molecule has 1 aromatic rings. The molecule has 0 aromatic carbocycles. The Hall–Kier alpha value is -1.18. The number of nitrogens with one attached hydrogen (secondary N) is 2. The number of anilines is 1. The third-order valence-corrected chi connectivity index (χ3v) is 4.79. The Labute approximate surface area is 127 Å². The Morgan fingerprint density at radius 3 is 2.67 bits per heavy atom. The summed E-state index contributed by atoms with van der Waals surface area (Å²) in [6.45, 7) is 6.71. The number of pyridine rings is 1. The van der Waals surface area contributed by atoms with Crippen LogP contribution in [0, 0.1) is 5.41 Å². The fourth-order valence-corrected chi connectivity index (χ4v) is 3.23. The Morgan fingerprint density at radius 1 is 1.33 bits per heavy atom. The zero-order valence-electron chi connectivity index (χ0n) is 13.0. The van der Waals surface area contributed by atoms with E-state index < -0.39 is 10.0 Å². The summed E-state index contributed by atoms with van der Waals surface area (Å²) in [7, 11) is -3.54. The van der Waals surface area contributed by atoms with Crippen LogP contribution in [0.4, 0.5) is 5.82 Å². The number of aromatic nitrogens is 1. The van der Waals surface area contributed by atoms with E-state index in [0.29, 0.717) is 12.4 Å². The van der Waals surface area contributed by atoms with Gasteiger partial charge in [-0.25, -0.2) is 24.0 Å². The Balaban J connectivity index is 2.67. The van der Waals surface area contributed by atoms with Crippen LogP contribution in [0.25, 0.3) is 0 Å². The summed E-state index contributed by atoms with van der Waals surface area (Å²) in [5, 5.41) is 0. The quantitative estimate of drug-likeness (QED) is 0.369. The zero-order valence-corrected chi connectivity index (χ0v) is 13.8. The molecule has 0 bridgehead atoms. The van der Waals surface area contributed by atoms with Crippen LogP contribution in [0.2, 0.25) is 0 Å². The number of hydrogen-bond acceptors (Lipinski definition) is 5. The van der Waals surface area contributed by atoms with Crippen molar-refractivity contribution >= 4 is 15.8 Å². The van der Waals surface area contributed by atoms with Crippen molar-refractivity contribution in [2.75, 3.05) is 12.0 Å². The topological polar surface area (TPSA) is 97.1 Å². The number of unbranched alkanes of at least 4 members (excludes halogenated alkanes) is 2. The van der Waals surface area contributed by atoms with Crippen molar-refractivity contribution in [2.24, 2.45) is 11.3 Å². The van der Waals surface area contributed by atoms with Crippen molar-refractivity contribution < 1.29 is 8.42 Å². The van der Waals surface area contributed by atoms with Crippen LogP contribution in [-0.4, -0.2) is 19.9 Å². The molecule has 1 rings (SSSR count). The van der Waals surface area contributed by atoms with Gasteiger partial charge in [0.05, 0.1) is 4.90 Å². The van der Waals surface area contributed by atoms with Gasteiger partial charge >= 0.3 is 0 Å². The molecule has 21 heavy (non-hydrogen) atoms. The minimum Gasteiger partial charge on any atom is -0.308 e. The summed E-state index contributed by atoms with van der Waals surface area (Å²) < 4.78 is 27.2. The molecule has 0 aliphatic heterocycles. The third-order valence-electron chi connectivity index (χ3n) is 3.39. The maximum absolute atomic E-state index is 12.3. The van der Waals surface area contributed by atoms with Crippen molar-refractivity contribution in [3.05, 3.63) is 18.3 Å². The third kappa shape index (κ3) is 5.99. The molecule has 0 atom stereocenters. The van der Waals surface area contributed by atoms with Crippen LogP contribution in [0.5, 0.6) is 0 Å². The first-order valence-corrected chi connectivity index (χ1v) is 8.71. The Morgan fingerprint density at radius 2 is 2.05 bits per heavy atom. The average molecular weight is 314 g/mol. The van der Waals surface area contributed by atoms with Gasteiger partial charge in [-0.05, 0) is 17.9 Å². The van der Waals surface area contributed by atoms with Gasteiger partial charge in [-0.2, -0.15) is 0 Å². The number of nitrogens with two attached hydrogens (primary N) is 1. The lowest BCUT2D eigenvalue weighted by Gasteiger charge is -2.24. The SMILES string of the molecule is CCCCCC(C)(C)CNS(=O)(=O)c1ccnc(NN)c1. The molecular formula is C14H26N4O2S. The van der Waals surface area contributed by atoms with E-state index in [0.717, 1.165) is 19.3 Å². The van der Waals surface area contributed by atoms with E-state index in [1.165, 1.54) is 24.8 Å². The molecule has 120 valence electrons. The standard InChI is InChI=1S/C14H26N4O2S/c1-4-5-6-8-14(2,3)11-17-21(19,20)12-7-9-16-13(10-12)18-15/h7,9-10,17H,4-6,8,11,15H2,1-3H3,(H,16,18). The Bertz CT molecular complexity index is 544. The fourth-order valence-electron chi connectivity index (χ4n) is 1.97. The number of nitrogen functional groups attached to an aromatic ring is 1. The zero-order chi connectivity index (χ0) is 15.9.